The maximum atomic E-state index is 11.5. The molecule has 1 amide bonds. The molecule has 1 saturated heterocycles. The first-order chi connectivity index (χ1) is 11.8. The Morgan fingerprint density at radius 1 is 1.17 bits per heavy atom. The quantitative estimate of drug-likeness (QED) is 0.652. The van der Waals surface area contributed by atoms with Gasteiger partial charge in [0, 0.05) is 0 Å². The lowest BCUT2D eigenvalue weighted by atomic mass is 9.87. The summed E-state index contributed by atoms with van der Waals surface area (Å²) >= 11 is 0. The fraction of sp³-hybridized carbons (Fsp3) is 0.350. The Labute approximate surface area is 143 Å². The van der Waals surface area contributed by atoms with Gasteiger partial charge < -0.3 is 5.32 Å². The van der Waals surface area contributed by atoms with E-state index in [2.05, 4.69) is 24.4 Å². The van der Waals surface area contributed by atoms with Crippen molar-refractivity contribution < 1.29 is 9.63 Å². The number of nitrogens with zero attached hydrogens (tertiary/aromatic N) is 1. The average Bonchev–Trinajstić information content (AvgIpc) is 2.65. The number of carbonyl (C=O) groups is 1. The second-order valence-electron chi connectivity index (χ2n) is 6.26. The molecule has 0 spiro atoms. The minimum Gasteiger partial charge on any atom is -0.317 e. The van der Waals surface area contributed by atoms with E-state index in [0.29, 0.717) is 12.5 Å². The Morgan fingerprint density at radius 2 is 1.92 bits per heavy atom. The third kappa shape index (κ3) is 4.02. The van der Waals surface area contributed by atoms with Gasteiger partial charge in [0.15, 0.2) is 0 Å². The minimum absolute atomic E-state index is 0.371. The lowest BCUT2D eigenvalue weighted by Gasteiger charge is -2.26. The molecule has 3 rings (SSSR count). The third-order valence-electron chi connectivity index (χ3n) is 4.61. The number of rotatable bonds is 6. The van der Waals surface area contributed by atoms with Crippen LogP contribution in [0.1, 0.15) is 35.4 Å². The number of carbonyl (C=O) groups excluding carboxylic acids is 1. The van der Waals surface area contributed by atoms with Gasteiger partial charge in [0.2, 0.25) is 6.41 Å². The first-order valence-corrected chi connectivity index (χ1v) is 8.50. The molecule has 24 heavy (non-hydrogen) atoms. The number of hydrogen-bond donors (Lipinski definition) is 1. The second-order valence-corrected chi connectivity index (χ2v) is 6.26. The normalized spacial score (nSPS) is 15.2. The van der Waals surface area contributed by atoms with Crippen LogP contribution in [0, 0.1) is 6.92 Å². The van der Waals surface area contributed by atoms with Gasteiger partial charge in [0.05, 0.1) is 5.69 Å². The van der Waals surface area contributed by atoms with Gasteiger partial charge in [0.25, 0.3) is 0 Å². The zero-order valence-electron chi connectivity index (χ0n) is 14.1. The zero-order valence-corrected chi connectivity index (χ0v) is 14.1. The Hall–Kier alpha value is -2.17. The van der Waals surface area contributed by atoms with Crippen LogP contribution in [0.3, 0.4) is 0 Å². The van der Waals surface area contributed by atoms with E-state index in [4.69, 9.17) is 4.84 Å². The van der Waals surface area contributed by atoms with Crippen LogP contribution in [0.15, 0.2) is 48.5 Å². The largest absolute Gasteiger partial charge is 0.317 e. The molecule has 1 N–H and O–H groups in total. The molecule has 1 aliphatic rings. The van der Waals surface area contributed by atoms with Crippen molar-refractivity contribution in [3.8, 4) is 0 Å². The highest BCUT2D eigenvalue weighted by Crippen LogP contribution is 2.31. The van der Waals surface area contributed by atoms with Crippen molar-refractivity contribution >= 4 is 12.1 Å². The van der Waals surface area contributed by atoms with Gasteiger partial charge in [0.1, 0.15) is 6.61 Å². The molecule has 0 atom stereocenters. The van der Waals surface area contributed by atoms with E-state index >= 15 is 0 Å². The van der Waals surface area contributed by atoms with Crippen molar-refractivity contribution in [2.45, 2.75) is 32.3 Å². The Bertz CT molecular complexity index is 667. The Kier molecular flexibility index (Phi) is 5.62. The second kappa shape index (κ2) is 8.08. The number of hydroxylamine groups is 1. The van der Waals surface area contributed by atoms with Crippen LogP contribution in [-0.4, -0.2) is 19.5 Å². The molecule has 1 fully saturated rings. The number of piperidine rings is 1. The van der Waals surface area contributed by atoms with Crippen LogP contribution >= 0.6 is 0 Å². The summed E-state index contributed by atoms with van der Waals surface area (Å²) in [6.07, 6.45) is 3.01. The zero-order chi connectivity index (χ0) is 16.8. The summed E-state index contributed by atoms with van der Waals surface area (Å²) in [5.74, 6) is 0.550. The summed E-state index contributed by atoms with van der Waals surface area (Å²) in [5.41, 5.74) is 4.43. The number of nitrogens with one attached hydrogen (secondary N) is 1. The van der Waals surface area contributed by atoms with E-state index in [1.54, 1.807) is 0 Å². The van der Waals surface area contributed by atoms with Gasteiger partial charge in [-0.1, -0.05) is 36.4 Å². The van der Waals surface area contributed by atoms with Crippen LogP contribution < -0.4 is 10.4 Å². The van der Waals surface area contributed by atoms with Crippen LogP contribution in [0.2, 0.25) is 0 Å². The number of aryl methyl sites for hydroxylation is 1. The van der Waals surface area contributed by atoms with Crippen LogP contribution in [0.25, 0.3) is 0 Å². The highest BCUT2D eigenvalue weighted by atomic mass is 16.7. The fourth-order valence-electron chi connectivity index (χ4n) is 3.22. The number of anilines is 1. The van der Waals surface area contributed by atoms with Gasteiger partial charge in [-0.2, -0.15) is 5.06 Å². The number of benzene rings is 2. The predicted molar refractivity (Wildman–Crippen MR) is 95.8 cm³/mol. The lowest BCUT2D eigenvalue weighted by molar-refractivity contribution is -0.114. The molecule has 0 aromatic heterocycles. The molecule has 0 bridgehead atoms. The smallest absolute Gasteiger partial charge is 0.238 e. The van der Waals surface area contributed by atoms with E-state index in [1.807, 2.05) is 36.4 Å². The Balaban J connectivity index is 1.75. The van der Waals surface area contributed by atoms with Crippen molar-refractivity contribution in [1.82, 2.24) is 5.32 Å². The van der Waals surface area contributed by atoms with Crippen molar-refractivity contribution in [2.24, 2.45) is 0 Å². The first kappa shape index (κ1) is 16.7. The molecule has 1 heterocycles. The van der Waals surface area contributed by atoms with Crippen molar-refractivity contribution in [3.05, 3.63) is 65.2 Å². The average molecular weight is 324 g/mol. The molecule has 126 valence electrons. The monoisotopic (exact) mass is 324 g/mol. The SMILES string of the molecule is Cc1ccc(N(C=O)OCc2ccccc2)cc1C1CCNCC1. The van der Waals surface area contributed by atoms with E-state index in [1.165, 1.54) is 16.2 Å². The summed E-state index contributed by atoms with van der Waals surface area (Å²) in [6, 6.07) is 16.0. The summed E-state index contributed by atoms with van der Waals surface area (Å²) in [7, 11) is 0. The molecule has 0 aliphatic carbocycles. The van der Waals surface area contributed by atoms with Gasteiger partial charge in [-0.25, -0.2) is 0 Å². The summed E-state index contributed by atoms with van der Waals surface area (Å²) < 4.78 is 0. The van der Waals surface area contributed by atoms with Gasteiger partial charge in [-0.05, 0) is 67.6 Å². The minimum atomic E-state index is 0.371. The summed E-state index contributed by atoms with van der Waals surface area (Å²) in [4.78, 5) is 17.2. The van der Waals surface area contributed by atoms with Crippen molar-refractivity contribution in [2.75, 3.05) is 18.2 Å². The third-order valence-corrected chi connectivity index (χ3v) is 4.61. The number of amides is 1. The maximum absolute atomic E-state index is 11.5. The highest BCUT2D eigenvalue weighted by Gasteiger charge is 2.18. The van der Waals surface area contributed by atoms with Gasteiger partial charge >= 0.3 is 0 Å². The topological polar surface area (TPSA) is 41.6 Å². The maximum Gasteiger partial charge on any atom is 0.238 e. The highest BCUT2D eigenvalue weighted by molar-refractivity contribution is 5.72. The molecule has 0 saturated carbocycles. The van der Waals surface area contributed by atoms with Gasteiger partial charge in [-0.15, -0.1) is 0 Å². The number of hydrogen-bond acceptors (Lipinski definition) is 3. The van der Waals surface area contributed by atoms with Crippen molar-refractivity contribution in [3.63, 3.8) is 0 Å². The molecule has 4 heteroatoms. The summed E-state index contributed by atoms with van der Waals surface area (Å²) in [6.45, 7) is 4.61. The van der Waals surface area contributed by atoms with E-state index in [-0.39, 0.29) is 0 Å². The summed E-state index contributed by atoms with van der Waals surface area (Å²) in [5, 5.41) is 4.73. The van der Waals surface area contributed by atoms with Crippen molar-refractivity contribution in [1.29, 1.82) is 0 Å². The van der Waals surface area contributed by atoms with Crippen LogP contribution in [0.4, 0.5) is 5.69 Å². The molecule has 4 nitrogen and oxygen atoms in total. The Morgan fingerprint density at radius 3 is 2.62 bits per heavy atom. The first-order valence-electron chi connectivity index (χ1n) is 8.50. The predicted octanol–water partition coefficient (Wildman–Crippen LogP) is 3.56. The van der Waals surface area contributed by atoms with Crippen LogP contribution in [-0.2, 0) is 16.2 Å². The molecule has 2 aromatic rings. The molecular formula is C20H24N2O2. The lowest BCUT2D eigenvalue weighted by Crippen LogP contribution is -2.27. The standard InChI is InChI=1S/C20H24N2O2/c1-16-7-8-19(13-20(16)18-9-11-21-12-10-18)22(15-23)24-14-17-5-3-2-4-6-17/h2-8,13,15,18,21H,9-12,14H2,1H3. The molecular weight excluding hydrogens is 300 g/mol. The molecule has 0 unspecified atom stereocenters. The molecule has 2 aromatic carbocycles. The van der Waals surface area contributed by atoms with E-state index in [0.717, 1.165) is 43.6 Å². The van der Waals surface area contributed by atoms with E-state index < -0.39 is 0 Å². The molecule has 0 radical (unpaired) electrons. The van der Waals surface area contributed by atoms with Gasteiger partial charge in [-0.3, -0.25) is 9.63 Å². The van der Waals surface area contributed by atoms with E-state index in [9.17, 15) is 4.79 Å². The van der Waals surface area contributed by atoms with Crippen LogP contribution in [0.5, 0.6) is 0 Å². The fourth-order valence-corrected chi connectivity index (χ4v) is 3.22. The molecule has 1 aliphatic heterocycles.